The van der Waals surface area contributed by atoms with Crippen molar-refractivity contribution in [2.24, 2.45) is 0 Å². The van der Waals surface area contributed by atoms with Crippen LogP contribution in [0.5, 0.6) is 0 Å². The van der Waals surface area contributed by atoms with Crippen LogP contribution in [-0.4, -0.2) is 22.6 Å². The van der Waals surface area contributed by atoms with E-state index in [1.807, 2.05) is 0 Å². The summed E-state index contributed by atoms with van der Waals surface area (Å²) in [7, 11) is 0. The van der Waals surface area contributed by atoms with E-state index >= 15 is 0 Å². The topological polar surface area (TPSA) is 58.1 Å². The maximum absolute atomic E-state index is 13.3. The Bertz CT molecular complexity index is 1450. The summed E-state index contributed by atoms with van der Waals surface area (Å²) in [6.45, 7) is 0.646. The van der Waals surface area contributed by atoms with Gasteiger partial charge in [0.2, 0.25) is 5.91 Å². The number of nitrogens with zero attached hydrogens (tertiary/aromatic N) is 3. The quantitative estimate of drug-likeness (QED) is 0.292. The third-order valence-corrected chi connectivity index (χ3v) is 6.06. The van der Waals surface area contributed by atoms with E-state index in [9.17, 15) is 31.1 Å². The van der Waals surface area contributed by atoms with E-state index in [1.165, 1.54) is 0 Å². The molecule has 0 atom stereocenters. The van der Waals surface area contributed by atoms with Gasteiger partial charge in [-0.2, -0.15) is 26.3 Å². The number of amides is 1. The Morgan fingerprint density at radius 1 is 0.784 bits per heavy atom. The Balaban J connectivity index is 1.53. The molecule has 37 heavy (non-hydrogen) atoms. The van der Waals surface area contributed by atoms with Crippen LogP contribution in [0.25, 0.3) is 22.0 Å². The molecule has 11 heteroatoms. The lowest BCUT2D eigenvalue weighted by Gasteiger charge is -2.17. The van der Waals surface area contributed by atoms with Gasteiger partial charge < -0.3 is 10.2 Å². The van der Waals surface area contributed by atoms with E-state index < -0.39 is 29.2 Å². The molecule has 1 fully saturated rings. The second-order valence-corrected chi connectivity index (χ2v) is 8.56. The van der Waals surface area contributed by atoms with Crippen molar-refractivity contribution in [2.45, 2.75) is 25.2 Å². The van der Waals surface area contributed by atoms with Gasteiger partial charge in [0.25, 0.3) is 0 Å². The Labute approximate surface area is 206 Å². The zero-order chi connectivity index (χ0) is 26.4. The summed E-state index contributed by atoms with van der Waals surface area (Å²) in [6, 6.07) is 15.2. The van der Waals surface area contributed by atoms with Gasteiger partial charge >= 0.3 is 12.4 Å². The van der Waals surface area contributed by atoms with Gasteiger partial charge in [-0.3, -0.25) is 4.79 Å². The minimum Gasteiger partial charge on any atom is -0.338 e. The third kappa shape index (κ3) is 4.93. The van der Waals surface area contributed by atoms with Gasteiger partial charge in [0.1, 0.15) is 5.69 Å². The van der Waals surface area contributed by atoms with E-state index in [0.717, 1.165) is 12.1 Å². The maximum atomic E-state index is 13.3. The highest BCUT2D eigenvalue weighted by Gasteiger charge is 2.37. The van der Waals surface area contributed by atoms with Crippen LogP contribution in [0.15, 0.2) is 66.7 Å². The Kier molecular flexibility index (Phi) is 6.01. The molecular formula is C26H18F6N4O. The number of alkyl halides is 6. The van der Waals surface area contributed by atoms with Crippen molar-refractivity contribution in [2.75, 3.05) is 16.8 Å². The Hall–Kier alpha value is -4.15. The smallest absolute Gasteiger partial charge is 0.338 e. The van der Waals surface area contributed by atoms with Crippen molar-refractivity contribution in [1.82, 2.24) is 10.2 Å². The van der Waals surface area contributed by atoms with Crippen LogP contribution in [0.2, 0.25) is 0 Å². The van der Waals surface area contributed by atoms with Crippen LogP contribution in [0, 0.1) is 0 Å². The largest absolute Gasteiger partial charge is 0.416 e. The van der Waals surface area contributed by atoms with Gasteiger partial charge in [0, 0.05) is 40.7 Å². The molecule has 1 saturated heterocycles. The number of benzene rings is 3. The molecule has 1 aromatic heterocycles. The Morgan fingerprint density at radius 2 is 1.41 bits per heavy atom. The first-order valence-electron chi connectivity index (χ1n) is 11.2. The van der Waals surface area contributed by atoms with Crippen molar-refractivity contribution in [3.8, 4) is 11.3 Å². The molecule has 1 N–H and O–H groups in total. The van der Waals surface area contributed by atoms with Gasteiger partial charge in [-0.15, -0.1) is 10.2 Å². The zero-order valence-electron chi connectivity index (χ0n) is 19.0. The summed E-state index contributed by atoms with van der Waals surface area (Å²) in [5.41, 5.74) is -1.38. The van der Waals surface area contributed by atoms with Crippen LogP contribution in [0.4, 0.5) is 43.5 Å². The SMILES string of the molecule is O=C1CCCN1c1ccc(-c2nnc(Nc3cc(C(F)(F)F)cc(C(F)(F)F)c3)c3ccccc23)cc1. The van der Waals surface area contributed by atoms with Crippen LogP contribution in [0.3, 0.4) is 0 Å². The molecule has 190 valence electrons. The number of aromatic nitrogens is 2. The predicted octanol–water partition coefficient (Wildman–Crippen LogP) is 7.20. The number of hydrogen-bond acceptors (Lipinski definition) is 4. The fourth-order valence-electron chi connectivity index (χ4n) is 4.29. The molecule has 0 spiro atoms. The molecule has 0 bridgehead atoms. The minimum absolute atomic E-state index is 0.00563. The van der Waals surface area contributed by atoms with E-state index in [0.29, 0.717) is 47.1 Å². The normalized spacial score (nSPS) is 14.4. The van der Waals surface area contributed by atoms with Crippen LogP contribution < -0.4 is 10.2 Å². The van der Waals surface area contributed by atoms with Crippen LogP contribution in [-0.2, 0) is 17.1 Å². The molecule has 0 saturated carbocycles. The van der Waals surface area contributed by atoms with Gasteiger partial charge in [0.05, 0.1) is 11.1 Å². The average Bonchev–Trinajstić information content (AvgIpc) is 3.29. The first-order valence-corrected chi connectivity index (χ1v) is 11.2. The molecular weight excluding hydrogens is 498 g/mol. The molecule has 4 aromatic rings. The Morgan fingerprint density at radius 3 is 1.97 bits per heavy atom. The molecule has 1 aliphatic heterocycles. The lowest BCUT2D eigenvalue weighted by Crippen LogP contribution is -2.23. The number of anilines is 3. The highest BCUT2D eigenvalue weighted by atomic mass is 19.4. The van der Waals surface area contributed by atoms with Gasteiger partial charge in [-0.1, -0.05) is 36.4 Å². The second-order valence-electron chi connectivity index (χ2n) is 8.56. The molecule has 2 heterocycles. The van der Waals surface area contributed by atoms with Crippen LogP contribution >= 0.6 is 0 Å². The van der Waals surface area contributed by atoms with E-state index in [4.69, 9.17) is 0 Å². The number of nitrogens with one attached hydrogen (secondary N) is 1. The van der Waals surface area contributed by atoms with Crippen LogP contribution in [0.1, 0.15) is 24.0 Å². The molecule has 0 aliphatic carbocycles. The summed E-state index contributed by atoms with van der Waals surface area (Å²) in [5, 5.41) is 11.9. The number of rotatable bonds is 4. The van der Waals surface area contributed by atoms with Crippen molar-refractivity contribution in [1.29, 1.82) is 0 Å². The van der Waals surface area contributed by atoms with Crippen molar-refractivity contribution < 1.29 is 31.1 Å². The number of hydrogen-bond donors (Lipinski definition) is 1. The van der Waals surface area contributed by atoms with Crippen molar-refractivity contribution in [3.63, 3.8) is 0 Å². The fourth-order valence-corrected chi connectivity index (χ4v) is 4.29. The van der Waals surface area contributed by atoms with E-state index in [-0.39, 0.29) is 17.8 Å². The summed E-state index contributed by atoms with van der Waals surface area (Å²) >= 11 is 0. The first-order chi connectivity index (χ1) is 17.5. The highest BCUT2D eigenvalue weighted by Crippen LogP contribution is 2.39. The zero-order valence-corrected chi connectivity index (χ0v) is 19.0. The highest BCUT2D eigenvalue weighted by molar-refractivity contribution is 6.01. The average molecular weight is 516 g/mol. The molecule has 3 aromatic carbocycles. The summed E-state index contributed by atoms with van der Waals surface area (Å²) in [4.78, 5) is 13.7. The third-order valence-electron chi connectivity index (χ3n) is 6.06. The lowest BCUT2D eigenvalue weighted by atomic mass is 10.0. The number of carbonyl (C=O) groups is 1. The number of halogens is 6. The summed E-state index contributed by atoms with van der Waals surface area (Å²) in [5.74, 6) is 0.0581. The monoisotopic (exact) mass is 516 g/mol. The van der Waals surface area contributed by atoms with Crippen molar-refractivity contribution in [3.05, 3.63) is 77.9 Å². The van der Waals surface area contributed by atoms with Gasteiger partial charge in [0.15, 0.2) is 5.82 Å². The summed E-state index contributed by atoms with van der Waals surface area (Å²) < 4.78 is 79.6. The second kappa shape index (κ2) is 9.06. The maximum Gasteiger partial charge on any atom is 0.416 e. The molecule has 1 amide bonds. The molecule has 0 unspecified atom stereocenters. The van der Waals surface area contributed by atoms with Crippen molar-refractivity contribution >= 4 is 33.9 Å². The molecule has 0 radical (unpaired) electrons. The minimum atomic E-state index is -4.97. The van der Waals surface area contributed by atoms with Gasteiger partial charge in [-0.05, 0) is 36.8 Å². The molecule has 1 aliphatic rings. The predicted molar refractivity (Wildman–Crippen MR) is 126 cm³/mol. The number of carbonyl (C=O) groups excluding carboxylic acids is 1. The van der Waals surface area contributed by atoms with Gasteiger partial charge in [-0.25, -0.2) is 0 Å². The van der Waals surface area contributed by atoms with E-state index in [1.54, 1.807) is 53.4 Å². The first kappa shape index (κ1) is 24.5. The summed E-state index contributed by atoms with van der Waals surface area (Å²) in [6.07, 6.45) is -8.65. The molecule has 5 rings (SSSR count). The number of fused-ring (bicyclic) bond motifs is 1. The standard InChI is InChI=1S/C26H18F6N4O/c27-25(28,29)16-12-17(26(30,31)32)14-18(13-16)33-24-21-5-2-1-4-20(21)23(34-35-24)15-7-9-19(10-8-15)36-11-3-6-22(36)37/h1-2,4-5,7-10,12-14H,3,6,11H2,(H,33,35). The van der Waals surface area contributed by atoms with E-state index in [2.05, 4.69) is 15.5 Å². The molecule has 5 nitrogen and oxygen atoms in total. The lowest BCUT2D eigenvalue weighted by molar-refractivity contribution is -0.143. The fraction of sp³-hybridized carbons (Fsp3) is 0.192.